The van der Waals surface area contributed by atoms with E-state index in [0.29, 0.717) is 45.1 Å². The Hall–Kier alpha value is -2.43. The van der Waals surface area contributed by atoms with E-state index in [1.807, 2.05) is 6.08 Å². The van der Waals surface area contributed by atoms with Crippen LogP contribution in [0, 0.1) is 11.3 Å². The number of nitrogens with one attached hydrogen (secondary N) is 1. The molecule has 1 heterocycles. The van der Waals surface area contributed by atoms with Crippen LogP contribution >= 0.6 is 0 Å². The highest BCUT2D eigenvalue weighted by Crippen LogP contribution is 2.26. The number of hydrogen-bond acceptors (Lipinski definition) is 6. The van der Waals surface area contributed by atoms with Crippen LogP contribution in [0.4, 0.5) is 5.69 Å². The predicted octanol–water partition coefficient (Wildman–Crippen LogP) is 3.35. The maximum atomic E-state index is 9.47. The van der Waals surface area contributed by atoms with Crippen molar-refractivity contribution in [3.8, 4) is 6.07 Å². The van der Waals surface area contributed by atoms with Crippen LogP contribution in [0.15, 0.2) is 42.0 Å². The van der Waals surface area contributed by atoms with Gasteiger partial charge in [0.05, 0.1) is 39.1 Å². The summed E-state index contributed by atoms with van der Waals surface area (Å²) in [5.41, 5.74) is 3.03. The van der Waals surface area contributed by atoms with Crippen LogP contribution in [-0.4, -0.2) is 64.3 Å². The monoisotopic (exact) mass is 423 g/mol. The lowest BCUT2D eigenvalue weighted by Gasteiger charge is -2.29. The van der Waals surface area contributed by atoms with Gasteiger partial charge in [-0.05, 0) is 59.9 Å². The molecule has 3 rings (SSSR count). The Balaban J connectivity index is 1.49. The number of ether oxygens (including phenoxy) is 2. The molecule has 0 bridgehead atoms. The minimum Gasteiger partial charge on any atom is -0.394 e. The predicted molar refractivity (Wildman–Crippen MR) is 125 cm³/mol. The molecule has 0 unspecified atom stereocenters. The topological polar surface area (TPSA) is 77.8 Å². The second kappa shape index (κ2) is 13.1. The highest BCUT2D eigenvalue weighted by Gasteiger charge is 2.11. The van der Waals surface area contributed by atoms with E-state index in [1.54, 1.807) is 0 Å². The summed E-state index contributed by atoms with van der Waals surface area (Å²) in [6.07, 6.45) is 5.83. The number of nitrogens with zero attached hydrogens (tertiary/aromatic N) is 2. The van der Waals surface area contributed by atoms with Gasteiger partial charge in [0.15, 0.2) is 0 Å². The van der Waals surface area contributed by atoms with Crippen molar-refractivity contribution < 1.29 is 14.6 Å². The van der Waals surface area contributed by atoms with Gasteiger partial charge in [-0.25, -0.2) is 0 Å². The van der Waals surface area contributed by atoms with E-state index in [9.17, 15) is 5.26 Å². The molecule has 2 aromatic carbocycles. The molecule has 1 aliphatic heterocycles. The zero-order valence-electron chi connectivity index (χ0n) is 18.2. The van der Waals surface area contributed by atoms with Crippen molar-refractivity contribution in [2.75, 3.05) is 64.1 Å². The van der Waals surface area contributed by atoms with Crippen LogP contribution in [-0.2, 0) is 9.47 Å². The van der Waals surface area contributed by atoms with Gasteiger partial charge in [-0.2, -0.15) is 5.26 Å². The van der Waals surface area contributed by atoms with Crippen molar-refractivity contribution in [1.82, 2.24) is 5.32 Å². The number of fused-ring (bicyclic) bond motifs is 1. The number of rotatable bonds is 12. The van der Waals surface area contributed by atoms with Crippen LogP contribution in [0.3, 0.4) is 0 Å². The smallest absolute Gasteiger partial charge is 0.0961 e. The minimum atomic E-state index is 0.0294. The van der Waals surface area contributed by atoms with Gasteiger partial charge in [-0.1, -0.05) is 18.2 Å². The van der Waals surface area contributed by atoms with Crippen LogP contribution in [0.2, 0.25) is 0 Å². The highest BCUT2D eigenvalue weighted by atomic mass is 16.5. The molecule has 166 valence electrons. The fourth-order valence-electron chi connectivity index (χ4n) is 3.77. The van der Waals surface area contributed by atoms with Crippen molar-refractivity contribution in [3.05, 3.63) is 47.5 Å². The molecule has 1 fully saturated rings. The molecule has 0 amide bonds. The first kappa shape index (κ1) is 23.2. The quantitative estimate of drug-likeness (QED) is 0.403. The van der Waals surface area contributed by atoms with Gasteiger partial charge in [0, 0.05) is 37.4 Å². The summed E-state index contributed by atoms with van der Waals surface area (Å²) in [6.45, 7) is 5.36. The maximum absolute atomic E-state index is 9.47. The van der Waals surface area contributed by atoms with Crippen molar-refractivity contribution in [2.45, 2.75) is 19.3 Å². The lowest BCUT2D eigenvalue weighted by molar-refractivity contribution is 0.0342. The summed E-state index contributed by atoms with van der Waals surface area (Å²) in [7, 11) is 0. The molecule has 0 atom stereocenters. The Bertz CT molecular complexity index is 885. The molecular weight excluding hydrogens is 390 g/mol. The largest absolute Gasteiger partial charge is 0.394 e. The van der Waals surface area contributed by atoms with E-state index in [-0.39, 0.29) is 6.61 Å². The van der Waals surface area contributed by atoms with Gasteiger partial charge < -0.3 is 24.8 Å². The third-order valence-electron chi connectivity index (χ3n) is 5.40. The van der Waals surface area contributed by atoms with E-state index in [1.165, 1.54) is 35.7 Å². The van der Waals surface area contributed by atoms with Crippen molar-refractivity contribution in [1.29, 1.82) is 5.26 Å². The zero-order valence-corrected chi connectivity index (χ0v) is 18.2. The normalized spacial score (nSPS) is 14.7. The molecule has 6 heteroatoms. The van der Waals surface area contributed by atoms with E-state index in [0.717, 1.165) is 18.7 Å². The number of nitriles is 1. The minimum absolute atomic E-state index is 0.0294. The Morgan fingerprint density at radius 1 is 1.00 bits per heavy atom. The van der Waals surface area contributed by atoms with E-state index in [2.05, 4.69) is 52.7 Å². The Kier molecular flexibility index (Phi) is 9.81. The van der Waals surface area contributed by atoms with Gasteiger partial charge >= 0.3 is 0 Å². The summed E-state index contributed by atoms with van der Waals surface area (Å²) in [4.78, 5) is 2.47. The SMILES string of the molecule is N#C/C(=C\c1ccc2cc(N3CCCCC3)ccc2c1)CNCCOCCOCCO. The fourth-order valence-corrected chi connectivity index (χ4v) is 3.77. The van der Waals surface area contributed by atoms with E-state index >= 15 is 0 Å². The average Bonchev–Trinajstić information content (AvgIpc) is 2.82. The van der Waals surface area contributed by atoms with Gasteiger partial charge in [0.25, 0.3) is 0 Å². The molecule has 2 aromatic rings. The van der Waals surface area contributed by atoms with Crippen molar-refractivity contribution in [2.24, 2.45) is 0 Å². The summed E-state index contributed by atoms with van der Waals surface area (Å²) >= 11 is 0. The molecule has 0 radical (unpaired) electrons. The number of aliphatic hydroxyl groups is 1. The van der Waals surface area contributed by atoms with Crippen molar-refractivity contribution >= 4 is 22.5 Å². The lowest BCUT2D eigenvalue weighted by Crippen LogP contribution is -2.29. The Morgan fingerprint density at radius 2 is 1.74 bits per heavy atom. The van der Waals surface area contributed by atoms with Crippen LogP contribution in [0.5, 0.6) is 0 Å². The molecule has 0 spiro atoms. The molecule has 6 nitrogen and oxygen atoms in total. The Labute approximate surface area is 185 Å². The van der Waals surface area contributed by atoms with Gasteiger partial charge in [0.1, 0.15) is 0 Å². The number of piperidine rings is 1. The van der Waals surface area contributed by atoms with Crippen LogP contribution in [0.25, 0.3) is 16.8 Å². The number of benzene rings is 2. The Morgan fingerprint density at radius 3 is 2.52 bits per heavy atom. The van der Waals surface area contributed by atoms with Gasteiger partial charge in [-0.3, -0.25) is 0 Å². The third kappa shape index (κ3) is 7.64. The highest BCUT2D eigenvalue weighted by molar-refractivity contribution is 5.88. The molecule has 0 saturated carbocycles. The van der Waals surface area contributed by atoms with Crippen molar-refractivity contribution in [3.63, 3.8) is 0 Å². The second-order valence-corrected chi connectivity index (χ2v) is 7.75. The summed E-state index contributed by atoms with van der Waals surface area (Å²) in [5.74, 6) is 0. The number of hydrogen-bond donors (Lipinski definition) is 2. The molecule has 1 aliphatic rings. The fraction of sp³-hybridized carbons (Fsp3) is 0.480. The molecule has 31 heavy (non-hydrogen) atoms. The first-order valence-corrected chi connectivity index (χ1v) is 11.2. The zero-order chi connectivity index (χ0) is 21.7. The second-order valence-electron chi connectivity index (χ2n) is 7.75. The van der Waals surface area contributed by atoms with Crippen LogP contribution < -0.4 is 10.2 Å². The molecular formula is C25H33N3O3. The number of anilines is 1. The van der Waals surface area contributed by atoms with E-state index in [4.69, 9.17) is 14.6 Å². The molecule has 0 aliphatic carbocycles. The number of aliphatic hydroxyl groups excluding tert-OH is 1. The third-order valence-corrected chi connectivity index (χ3v) is 5.40. The summed E-state index contributed by atoms with van der Waals surface area (Å²) in [6, 6.07) is 15.3. The molecule has 1 saturated heterocycles. The average molecular weight is 424 g/mol. The standard InChI is InChI=1S/C25H33N3O3/c26-19-22(20-27-8-12-30-14-15-31-13-11-29)16-21-4-5-24-18-25(7-6-23(24)17-21)28-9-2-1-3-10-28/h4-7,16-18,27,29H,1-3,8-15,20H2/b22-16+. The lowest BCUT2D eigenvalue weighted by atomic mass is 10.0. The first-order chi connectivity index (χ1) is 15.3. The van der Waals surface area contributed by atoms with Gasteiger partial charge in [-0.15, -0.1) is 0 Å². The molecule has 0 aromatic heterocycles. The maximum Gasteiger partial charge on any atom is 0.0961 e. The van der Waals surface area contributed by atoms with Gasteiger partial charge in [0.2, 0.25) is 0 Å². The van der Waals surface area contributed by atoms with Crippen LogP contribution in [0.1, 0.15) is 24.8 Å². The van der Waals surface area contributed by atoms with E-state index < -0.39 is 0 Å². The first-order valence-electron chi connectivity index (χ1n) is 11.2. The molecule has 2 N–H and O–H groups in total. The summed E-state index contributed by atoms with van der Waals surface area (Å²) in [5, 5.41) is 23.8. The summed E-state index contributed by atoms with van der Waals surface area (Å²) < 4.78 is 10.6.